The summed E-state index contributed by atoms with van der Waals surface area (Å²) in [6.45, 7) is 2.21. The number of allylic oxidation sites excluding steroid dienone is 3. The van der Waals surface area contributed by atoms with Gasteiger partial charge in [-0.05, 0) is 25.2 Å². The highest BCUT2D eigenvalue weighted by atomic mass is 16.4. The third kappa shape index (κ3) is 3.45. The summed E-state index contributed by atoms with van der Waals surface area (Å²) in [4.78, 5) is 10.2. The molecule has 0 spiro atoms. The van der Waals surface area contributed by atoms with E-state index in [0.29, 0.717) is 0 Å². The number of aliphatic carboxylic acids is 1. The van der Waals surface area contributed by atoms with Gasteiger partial charge < -0.3 is 5.11 Å². The molecule has 0 aromatic heterocycles. The van der Waals surface area contributed by atoms with Gasteiger partial charge in [-0.3, -0.25) is 0 Å². The Morgan fingerprint density at radius 3 is 3.00 bits per heavy atom. The first-order valence-electron chi connectivity index (χ1n) is 4.81. The zero-order chi connectivity index (χ0) is 9.68. The van der Waals surface area contributed by atoms with Crippen molar-refractivity contribution in [1.29, 1.82) is 0 Å². The topological polar surface area (TPSA) is 37.3 Å². The van der Waals surface area contributed by atoms with Crippen molar-refractivity contribution in [3.05, 3.63) is 23.8 Å². The highest BCUT2D eigenvalue weighted by molar-refractivity contribution is 5.80. The van der Waals surface area contributed by atoms with E-state index in [-0.39, 0.29) is 0 Å². The summed E-state index contributed by atoms with van der Waals surface area (Å²) in [5, 5.41) is 8.37. The molecule has 1 fully saturated rings. The van der Waals surface area contributed by atoms with Crippen LogP contribution >= 0.6 is 0 Å². The van der Waals surface area contributed by atoms with Gasteiger partial charge >= 0.3 is 5.97 Å². The molecule has 0 bridgehead atoms. The fourth-order valence-corrected chi connectivity index (χ4v) is 1.73. The highest BCUT2D eigenvalue weighted by Crippen LogP contribution is 2.31. The molecule has 1 N–H and O–H groups in total. The van der Waals surface area contributed by atoms with Crippen molar-refractivity contribution >= 4 is 5.97 Å². The zero-order valence-corrected chi connectivity index (χ0v) is 7.99. The van der Waals surface area contributed by atoms with Gasteiger partial charge in [0.1, 0.15) is 0 Å². The van der Waals surface area contributed by atoms with Gasteiger partial charge in [-0.2, -0.15) is 0 Å². The lowest BCUT2D eigenvalue weighted by molar-refractivity contribution is -0.131. The predicted octanol–water partition coefficient (Wildman–Crippen LogP) is 2.76. The molecule has 13 heavy (non-hydrogen) atoms. The molecule has 1 unspecified atom stereocenters. The Morgan fingerprint density at radius 2 is 2.46 bits per heavy atom. The number of hydrogen-bond acceptors (Lipinski definition) is 1. The first-order valence-corrected chi connectivity index (χ1v) is 4.81. The average molecular weight is 180 g/mol. The normalized spacial score (nSPS) is 25.9. The van der Waals surface area contributed by atoms with E-state index < -0.39 is 5.97 Å². The fraction of sp³-hybridized carbons (Fsp3) is 0.545. The van der Waals surface area contributed by atoms with Crippen LogP contribution in [0.2, 0.25) is 0 Å². The van der Waals surface area contributed by atoms with Crippen LogP contribution in [0.15, 0.2) is 23.8 Å². The lowest BCUT2D eigenvalue weighted by Gasteiger charge is -2.00. The van der Waals surface area contributed by atoms with Crippen molar-refractivity contribution in [3.63, 3.8) is 0 Å². The third-order valence-corrected chi connectivity index (χ3v) is 2.57. The second kappa shape index (κ2) is 4.85. The van der Waals surface area contributed by atoms with Crippen LogP contribution in [-0.2, 0) is 4.79 Å². The van der Waals surface area contributed by atoms with Crippen molar-refractivity contribution in [2.45, 2.75) is 32.6 Å². The number of carboxylic acids is 1. The molecule has 2 heteroatoms. The first kappa shape index (κ1) is 10.0. The lowest BCUT2D eigenvalue weighted by atomic mass is 10.1. The summed E-state index contributed by atoms with van der Waals surface area (Å²) in [6, 6.07) is 0. The Morgan fingerprint density at radius 1 is 1.69 bits per heavy atom. The monoisotopic (exact) mass is 180 g/mol. The minimum absolute atomic E-state index is 0.824. The maximum Gasteiger partial charge on any atom is 0.328 e. The van der Waals surface area contributed by atoms with E-state index in [1.54, 1.807) is 6.08 Å². The number of hydrogen-bond donors (Lipinski definition) is 1. The van der Waals surface area contributed by atoms with Gasteiger partial charge in [0.15, 0.2) is 0 Å². The molecule has 1 aliphatic carbocycles. The van der Waals surface area contributed by atoms with Gasteiger partial charge in [0.05, 0.1) is 0 Å². The molecule has 0 aliphatic heterocycles. The second-order valence-electron chi connectivity index (χ2n) is 3.54. The number of rotatable bonds is 3. The van der Waals surface area contributed by atoms with Gasteiger partial charge in [0, 0.05) is 6.08 Å². The maximum absolute atomic E-state index is 10.2. The molecule has 0 radical (unpaired) electrons. The molecule has 0 aromatic carbocycles. The molecule has 0 aromatic rings. The van der Waals surface area contributed by atoms with E-state index >= 15 is 0 Å². The van der Waals surface area contributed by atoms with E-state index in [9.17, 15) is 4.79 Å². The minimum Gasteiger partial charge on any atom is -0.478 e. The van der Waals surface area contributed by atoms with Gasteiger partial charge in [-0.15, -0.1) is 0 Å². The fourth-order valence-electron chi connectivity index (χ4n) is 1.73. The van der Waals surface area contributed by atoms with Crippen LogP contribution in [0.1, 0.15) is 32.6 Å². The van der Waals surface area contributed by atoms with Crippen molar-refractivity contribution in [2.75, 3.05) is 0 Å². The predicted molar refractivity (Wildman–Crippen MR) is 52.5 cm³/mol. The van der Waals surface area contributed by atoms with Crippen molar-refractivity contribution in [2.24, 2.45) is 5.92 Å². The van der Waals surface area contributed by atoms with E-state index in [2.05, 4.69) is 6.92 Å². The molecular formula is C11H16O2. The van der Waals surface area contributed by atoms with E-state index in [0.717, 1.165) is 18.8 Å². The van der Waals surface area contributed by atoms with E-state index in [4.69, 9.17) is 5.11 Å². The largest absolute Gasteiger partial charge is 0.478 e. The van der Waals surface area contributed by atoms with Crippen LogP contribution in [0.3, 0.4) is 0 Å². The van der Waals surface area contributed by atoms with Crippen molar-refractivity contribution in [1.82, 2.24) is 0 Å². The zero-order valence-electron chi connectivity index (χ0n) is 7.99. The van der Waals surface area contributed by atoms with Crippen LogP contribution in [0.5, 0.6) is 0 Å². The van der Waals surface area contributed by atoms with E-state index in [1.165, 1.54) is 24.5 Å². The Hall–Kier alpha value is -1.05. The second-order valence-corrected chi connectivity index (χ2v) is 3.54. The Balaban J connectivity index is 2.41. The molecule has 72 valence electrons. The summed E-state index contributed by atoms with van der Waals surface area (Å²) in [5.74, 6) is -0.0497. The Kier molecular flexibility index (Phi) is 3.74. The standard InChI is InChI=1S/C11H16O2/c1-2-9-6-7-10(8-9)4-3-5-11(12)13/h3-5,9H,2,6-8H2,1H3,(H,12,13)/b5-3+,10-4-. The summed E-state index contributed by atoms with van der Waals surface area (Å²) in [6.07, 6.45) is 9.57. The minimum atomic E-state index is -0.873. The number of carbonyl (C=O) groups is 1. The maximum atomic E-state index is 10.2. The van der Waals surface area contributed by atoms with E-state index in [1.807, 2.05) is 6.08 Å². The SMILES string of the molecule is CCC1CC/C(=C/C=C/C(=O)O)C1. The quantitative estimate of drug-likeness (QED) is 0.678. The van der Waals surface area contributed by atoms with Crippen molar-refractivity contribution in [3.8, 4) is 0 Å². The molecule has 0 amide bonds. The lowest BCUT2D eigenvalue weighted by Crippen LogP contribution is -1.87. The molecule has 1 atom stereocenters. The first-order chi connectivity index (χ1) is 6.22. The van der Waals surface area contributed by atoms with Crippen LogP contribution in [0.4, 0.5) is 0 Å². The van der Waals surface area contributed by atoms with Crippen LogP contribution in [0, 0.1) is 5.92 Å². The van der Waals surface area contributed by atoms with Gasteiger partial charge in [0.25, 0.3) is 0 Å². The molecule has 2 nitrogen and oxygen atoms in total. The average Bonchev–Trinajstić information content (AvgIpc) is 2.52. The summed E-state index contributed by atoms with van der Waals surface area (Å²) in [7, 11) is 0. The smallest absolute Gasteiger partial charge is 0.328 e. The summed E-state index contributed by atoms with van der Waals surface area (Å²) < 4.78 is 0. The van der Waals surface area contributed by atoms with Crippen LogP contribution < -0.4 is 0 Å². The Bertz CT molecular complexity index is 238. The van der Waals surface area contributed by atoms with Crippen molar-refractivity contribution < 1.29 is 9.90 Å². The Labute approximate surface area is 79.0 Å². The third-order valence-electron chi connectivity index (χ3n) is 2.57. The van der Waals surface area contributed by atoms with Crippen LogP contribution in [0.25, 0.3) is 0 Å². The summed E-state index contributed by atoms with van der Waals surface area (Å²) >= 11 is 0. The van der Waals surface area contributed by atoms with Crippen LogP contribution in [-0.4, -0.2) is 11.1 Å². The number of carboxylic acid groups (broad SMARTS) is 1. The van der Waals surface area contributed by atoms with Gasteiger partial charge in [-0.25, -0.2) is 4.79 Å². The molecule has 1 aliphatic rings. The molecule has 0 heterocycles. The molecular weight excluding hydrogens is 164 g/mol. The van der Waals surface area contributed by atoms with Gasteiger partial charge in [0.2, 0.25) is 0 Å². The molecule has 1 rings (SSSR count). The molecule has 0 saturated heterocycles. The summed E-state index contributed by atoms with van der Waals surface area (Å²) in [5.41, 5.74) is 1.39. The van der Waals surface area contributed by atoms with Gasteiger partial charge in [-0.1, -0.05) is 31.1 Å². The molecule has 1 saturated carbocycles. The highest BCUT2D eigenvalue weighted by Gasteiger charge is 2.16.